The van der Waals surface area contributed by atoms with E-state index in [9.17, 15) is 4.79 Å². The monoisotopic (exact) mass is 227 g/mol. The molecule has 0 aliphatic rings. The Morgan fingerprint density at radius 1 is 1.06 bits per heavy atom. The first-order valence-corrected chi connectivity index (χ1v) is 5.34. The Morgan fingerprint density at radius 2 is 1.71 bits per heavy atom. The summed E-state index contributed by atoms with van der Waals surface area (Å²) in [5, 5.41) is 9.11. The Labute approximate surface area is 99.5 Å². The molecule has 2 aromatic carbocycles. The van der Waals surface area contributed by atoms with Crippen molar-refractivity contribution in [1.29, 1.82) is 0 Å². The first-order valence-electron chi connectivity index (χ1n) is 5.34. The van der Waals surface area contributed by atoms with Crippen LogP contribution in [0.2, 0.25) is 0 Å². The van der Waals surface area contributed by atoms with E-state index in [1.165, 1.54) is 0 Å². The van der Waals surface area contributed by atoms with Crippen LogP contribution in [0.25, 0.3) is 11.1 Å². The van der Waals surface area contributed by atoms with Crippen molar-refractivity contribution in [2.45, 2.75) is 6.54 Å². The number of carboxylic acid groups (broad SMARTS) is 1. The van der Waals surface area contributed by atoms with Gasteiger partial charge in [-0.25, -0.2) is 4.79 Å². The van der Waals surface area contributed by atoms with Crippen LogP contribution in [0, 0.1) is 0 Å². The molecule has 0 bridgehead atoms. The molecule has 0 fully saturated rings. The molecule has 0 aliphatic heterocycles. The van der Waals surface area contributed by atoms with Crippen molar-refractivity contribution in [1.82, 2.24) is 0 Å². The minimum Gasteiger partial charge on any atom is -0.478 e. The molecule has 3 heteroatoms. The van der Waals surface area contributed by atoms with Crippen molar-refractivity contribution >= 4 is 5.97 Å². The normalized spacial score (nSPS) is 10.2. The predicted molar refractivity (Wildman–Crippen MR) is 66.7 cm³/mol. The summed E-state index contributed by atoms with van der Waals surface area (Å²) in [6, 6.07) is 14.6. The average Bonchev–Trinajstić information content (AvgIpc) is 2.39. The zero-order chi connectivity index (χ0) is 12.3. The van der Waals surface area contributed by atoms with E-state index in [1.807, 2.05) is 30.3 Å². The van der Waals surface area contributed by atoms with Gasteiger partial charge in [0.05, 0.1) is 5.56 Å². The van der Waals surface area contributed by atoms with Crippen LogP contribution >= 0.6 is 0 Å². The van der Waals surface area contributed by atoms with Crippen molar-refractivity contribution in [2.24, 2.45) is 5.73 Å². The molecule has 0 amide bonds. The van der Waals surface area contributed by atoms with E-state index in [4.69, 9.17) is 10.8 Å². The number of hydrogen-bond donors (Lipinski definition) is 2. The van der Waals surface area contributed by atoms with Gasteiger partial charge in [-0.1, -0.05) is 42.5 Å². The number of carboxylic acids is 1. The number of hydrogen-bond acceptors (Lipinski definition) is 2. The maximum atomic E-state index is 11.1. The molecule has 17 heavy (non-hydrogen) atoms. The number of benzene rings is 2. The van der Waals surface area contributed by atoms with Crippen LogP contribution in [-0.2, 0) is 6.54 Å². The fourth-order valence-corrected chi connectivity index (χ4v) is 1.74. The van der Waals surface area contributed by atoms with Gasteiger partial charge in [-0.3, -0.25) is 0 Å². The highest BCUT2D eigenvalue weighted by Gasteiger charge is 2.10. The van der Waals surface area contributed by atoms with Crippen molar-refractivity contribution in [3.8, 4) is 11.1 Å². The molecule has 0 radical (unpaired) electrons. The zero-order valence-corrected chi connectivity index (χ0v) is 9.26. The molecule has 0 saturated carbocycles. The minimum absolute atomic E-state index is 0.313. The summed E-state index contributed by atoms with van der Waals surface area (Å²) in [4.78, 5) is 11.1. The molecular formula is C14H13NO2. The lowest BCUT2D eigenvalue weighted by Gasteiger charge is -2.06. The summed E-state index contributed by atoms with van der Waals surface area (Å²) >= 11 is 0. The van der Waals surface area contributed by atoms with Crippen molar-refractivity contribution in [2.75, 3.05) is 0 Å². The second-order valence-corrected chi connectivity index (χ2v) is 3.75. The van der Waals surface area contributed by atoms with E-state index in [0.717, 1.165) is 16.7 Å². The second-order valence-electron chi connectivity index (χ2n) is 3.75. The Hall–Kier alpha value is -2.13. The minimum atomic E-state index is -0.913. The third-order valence-corrected chi connectivity index (χ3v) is 2.66. The second kappa shape index (κ2) is 4.80. The highest BCUT2D eigenvalue weighted by molar-refractivity contribution is 5.95. The van der Waals surface area contributed by atoms with Gasteiger partial charge in [-0.2, -0.15) is 0 Å². The summed E-state index contributed by atoms with van der Waals surface area (Å²) < 4.78 is 0. The van der Waals surface area contributed by atoms with Gasteiger partial charge in [0.2, 0.25) is 0 Å². The van der Waals surface area contributed by atoms with Crippen LogP contribution in [0.5, 0.6) is 0 Å². The molecule has 0 aromatic heterocycles. The fraction of sp³-hybridized carbons (Fsp3) is 0.0714. The van der Waals surface area contributed by atoms with Gasteiger partial charge < -0.3 is 10.8 Å². The third kappa shape index (κ3) is 2.34. The predicted octanol–water partition coefficient (Wildman–Crippen LogP) is 2.51. The molecular weight excluding hydrogens is 214 g/mol. The fourth-order valence-electron chi connectivity index (χ4n) is 1.74. The molecule has 0 heterocycles. The van der Waals surface area contributed by atoms with Crippen LogP contribution in [0.15, 0.2) is 48.5 Å². The quantitative estimate of drug-likeness (QED) is 0.846. The lowest BCUT2D eigenvalue weighted by molar-refractivity contribution is 0.0697. The molecule has 3 nitrogen and oxygen atoms in total. The van der Waals surface area contributed by atoms with E-state index in [-0.39, 0.29) is 0 Å². The maximum absolute atomic E-state index is 11.1. The van der Waals surface area contributed by atoms with Gasteiger partial charge in [0.25, 0.3) is 0 Å². The Bertz CT molecular complexity index is 532. The summed E-state index contributed by atoms with van der Waals surface area (Å²) in [5.41, 5.74) is 8.48. The SMILES string of the molecule is NCc1ccc(-c2ccccc2C(=O)O)cc1. The summed E-state index contributed by atoms with van der Waals surface area (Å²) in [6.45, 7) is 0.487. The van der Waals surface area contributed by atoms with Crippen LogP contribution in [0.3, 0.4) is 0 Å². The first-order chi connectivity index (χ1) is 8.22. The number of rotatable bonds is 3. The molecule has 0 aliphatic carbocycles. The molecule has 86 valence electrons. The smallest absolute Gasteiger partial charge is 0.336 e. The van der Waals surface area contributed by atoms with Crippen LogP contribution in [0.4, 0.5) is 0 Å². The number of aromatic carboxylic acids is 1. The number of carbonyl (C=O) groups is 1. The zero-order valence-electron chi connectivity index (χ0n) is 9.26. The average molecular weight is 227 g/mol. The van der Waals surface area contributed by atoms with Gasteiger partial charge >= 0.3 is 5.97 Å². The first kappa shape index (κ1) is 11.4. The van der Waals surface area contributed by atoms with Gasteiger partial charge in [0.1, 0.15) is 0 Å². The largest absolute Gasteiger partial charge is 0.478 e. The van der Waals surface area contributed by atoms with Crippen molar-refractivity contribution in [3.63, 3.8) is 0 Å². The standard InChI is InChI=1S/C14H13NO2/c15-9-10-5-7-11(8-6-10)12-3-1-2-4-13(12)14(16)17/h1-8H,9,15H2,(H,16,17). The Kier molecular flexibility index (Phi) is 3.21. The molecule has 2 aromatic rings. The molecule has 2 rings (SSSR count). The summed E-state index contributed by atoms with van der Waals surface area (Å²) in [7, 11) is 0. The van der Waals surface area contributed by atoms with E-state index in [2.05, 4.69) is 0 Å². The highest BCUT2D eigenvalue weighted by Crippen LogP contribution is 2.23. The summed E-state index contributed by atoms with van der Waals surface area (Å²) in [6.07, 6.45) is 0. The van der Waals surface area contributed by atoms with E-state index in [1.54, 1.807) is 18.2 Å². The lowest BCUT2D eigenvalue weighted by atomic mass is 9.99. The molecule has 0 atom stereocenters. The van der Waals surface area contributed by atoms with E-state index in [0.29, 0.717) is 12.1 Å². The Balaban J connectivity index is 2.48. The van der Waals surface area contributed by atoms with Crippen LogP contribution in [-0.4, -0.2) is 11.1 Å². The van der Waals surface area contributed by atoms with E-state index >= 15 is 0 Å². The lowest BCUT2D eigenvalue weighted by Crippen LogP contribution is -1.99. The van der Waals surface area contributed by atoms with Crippen molar-refractivity contribution in [3.05, 3.63) is 59.7 Å². The maximum Gasteiger partial charge on any atom is 0.336 e. The number of nitrogens with two attached hydrogens (primary N) is 1. The van der Waals surface area contributed by atoms with Gasteiger partial charge in [-0.05, 0) is 22.8 Å². The summed E-state index contributed by atoms with van der Waals surface area (Å²) in [5.74, 6) is -0.913. The Morgan fingerprint density at radius 3 is 2.29 bits per heavy atom. The van der Waals surface area contributed by atoms with Gasteiger partial charge in [0.15, 0.2) is 0 Å². The molecule has 0 unspecified atom stereocenters. The third-order valence-electron chi connectivity index (χ3n) is 2.66. The topological polar surface area (TPSA) is 63.3 Å². The van der Waals surface area contributed by atoms with Gasteiger partial charge in [-0.15, -0.1) is 0 Å². The molecule has 0 spiro atoms. The van der Waals surface area contributed by atoms with Crippen LogP contribution in [0.1, 0.15) is 15.9 Å². The van der Waals surface area contributed by atoms with Gasteiger partial charge in [0, 0.05) is 6.54 Å². The van der Waals surface area contributed by atoms with Crippen molar-refractivity contribution < 1.29 is 9.90 Å². The molecule has 3 N–H and O–H groups in total. The van der Waals surface area contributed by atoms with Crippen LogP contribution < -0.4 is 5.73 Å². The highest BCUT2D eigenvalue weighted by atomic mass is 16.4. The molecule has 0 saturated heterocycles. The van der Waals surface area contributed by atoms with E-state index < -0.39 is 5.97 Å².